The van der Waals surface area contributed by atoms with Crippen LogP contribution in [-0.4, -0.2) is 56.4 Å². The monoisotopic (exact) mass is 161 g/mol. The number of rotatable bonds is 6. The zero-order valence-electron chi connectivity index (χ0n) is 7.38. The summed E-state index contributed by atoms with van der Waals surface area (Å²) in [5, 5.41) is 11.7. The molecule has 0 aliphatic heterocycles. The number of nitrogens with two attached hydrogens (primary N) is 1. The second-order valence-electron chi connectivity index (χ2n) is 2.95. The van der Waals surface area contributed by atoms with E-state index >= 15 is 0 Å². The molecule has 0 rings (SSSR count). The van der Waals surface area contributed by atoms with Crippen LogP contribution in [-0.2, 0) is 0 Å². The second-order valence-corrected chi connectivity index (χ2v) is 2.95. The lowest BCUT2D eigenvalue weighted by atomic mass is 10.3. The first-order valence-electron chi connectivity index (χ1n) is 3.88. The summed E-state index contributed by atoms with van der Waals surface area (Å²) in [6.07, 6.45) is 0. The fourth-order valence-corrected chi connectivity index (χ4v) is 0.655. The molecule has 0 aliphatic carbocycles. The molecule has 0 fully saturated rings. The maximum Gasteiger partial charge on any atom is 0.0594 e. The van der Waals surface area contributed by atoms with Gasteiger partial charge in [-0.05, 0) is 14.1 Å². The summed E-state index contributed by atoms with van der Waals surface area (Å²) in [5.74, 6) is 0. The number of nitrogens with zero attached hydrogens (tertiary/aromatic N) is 1. The first-order chi connectivity index (χ1) is 5.16. The summed E-state index contributed by atoms with van der Waals surface area (Å²) >= 11 is 0. The first kappa shape index (κ1) is 10.8. The molecule has 68 valence electrons. The molecular weight excluding hydrogens is 142 g/mol. The number of aliphatic hydroxyl groups excluding tert-OH is 1. The molecule has 4 N–H and O–H groups in total. The molecule has 0 saturated carbocycles. The highest BCUT2D eigenvalue weighted by Gasteiger charge is 1.97. The van der Waals surface area contributed by atoms with Gasteiger partial charge in [0.1, 0.15) is 0 Å². The summed E-state index contributed by atoms with van der Waals surface area (Å²) in [6, 6.07) is -0.128. The third-order valence-corrected chi connectivity index (χ3v) is 1.38. The average molecular weight is 161 g/mol. The third kappa shape index (κ3) is 7.74. The molecule has 0 aromatic rings. The quantitative estimate of drug-likeness (QED) is 0.413. The highest BCUT2D eigenvalue weighted by Crippen LogP contribution is 1.73. The van der Waals surface area contributed by atoms with E-state index < -0.39 is 0 Å². The Labute approximate surface area is 68.4 Å². The van der Waals surface area contributed by atoms with Crippen LogP contribution in [0.2, 0.25) is 0 Å². The fraction of sp³-hybridized carbons (Fsp3) is 1.00. The van der Waals surface area contributed by atoms with E-state index in [0.717, 1.165) is 13.1 Å². The standard InChI is InChI=1S/C7H19N3O/c1-10(2)4-3-9-5-7(8)6-11/h7,9,11H,3-6,8H2,1-2H3. The van der Waals surface area contributed by atoms with Crippen LogP contribution in [0, 0.1) is 0 Å². The van der Waals surface area contributed by atoms with Crippen molar-refractivity contribution in [2.75, 3.05) is 40.3 Å². The average Bonchev–Trinajstić information content (AvgIpc) is 1.97. The minimum Gasteiger partial charge on any atom is -0.395 e. The fourth-order valence-electron chi connectivity index (χ4n) is 0.655. The maximum absolute atomic E-state index is 8.57. The van der Waals surface area contributed by atoms with Crippen LogP contribution < -0.4 is 11.1 Å². The molecule has 0 heterocycles. The molecule has 11 heavy (non-hydrogen) atoms. The van der Waals surface area contributed by atoms with E-state index in [1.807, 2.05) is 14.1 Å². The van der Waals surface area contributed by atoms with Crippen molar-refractivity contribution in [2.45, 2.75) is 6.04 Å². The van der Waals surface area contributed by atoms with Gasteiger partial charge in [0.15, 0.2) is 0 Å². The van der Waals surface area contributed by atoms with E-state index in [2.05, 4.69) is 10.2 Å². The number of nitrogens with one attached hydrogen (secondary N) is 1. The van der Waals surface area contributed by atoms with Crippen molar-refractivity contribution >= 4 is 0 Å². The SMILES string of the molecule is CN(C)CCNCC(N)CO. The Morgan fingerprint density at radius 2 is 2.18 bits per heavy atom. The van der Waals surface area contributed by atoms with Crippen molar-refractivity contribution in [3.63, 3.8) is 0 Å². The van der Waals surface area contributed by atoms with Crippen LogP contribution in [0.4, 0.5) is 0 Å². The van der Waals surface area contributed by atoms with Gasteiger partial charge in [0.2, 0.25) is 0 Å². The third-order valence-electron chi connectivity index (χ3n) is 1.38. The summed E-state index contributed by atoms with van der Waals surface area (Å²) in [5.41, 5.74) is 5.46. The number of hydrogen-bond acceptors (Lipinski definition) is 4. The van der Waals surface area contributed by atoms with Gasteiger partial charge < -0.3 is 21.1 Å². The molecular formula is C7H19N3O. The van der Waals surface area contributed by atoms with Crippen LogP contribution in [0.15, 0.2) is 0 Å². The number of likely N-dealkylation sites (N-methyl/N-ethyl adjacent to an activating group) is 1. The molecule has 0 amide bonds. The van der Waals surface area contributed by atoms with E-state index in [0.29, 0.717) is 6.54 Å². The molecule has 0 radical (unpaired) electrons. The van der Waals surface area contributed by atoms with E-state index in [-0.39, 0.29) is 12.6 Å². The van der Waals surface area contributed by atoms with Crippen molar-refractivity contribution in [3.8, 4) is 0 Å². The van der Waals surface area contributed by atoms with Gasteiger partial charge in [-0.25, -0.2) is 0 Å². The van der Waals surface area contributed by atoms with Crippen molar-refractivity contribution < 1.29 is 5.11 Å². The molecule has 0 saturated heterocycles. The lowest BCUT2D eigenvalue weighted by molar-refractivity contribution is 0.261. The molecule has 0 bridgehead atoms. The topological polar surface area (TPSA) is 61.5 Å². The Balaban J connectivity index is 3.01. The zero-order chi connectivity index (χ0) is 8.69. The molecule has 0 aromatic carbocycles. The Bertz CT molecular complexity index is 87.8. The predicted molar refractivity (Wildman–Crippen MR) is 46.5 cm³/mol. The summed E-state index contributed by atoms with van der Waals surface area (Å²) in [4.78, 5) is 2.09. The highest BCUT2D eigenvalue weighted by molar-refractivity contribution is 4.62. The molecule has 0 aliphatic rings. The normalized spacial score (nSPS) is 13.9. The predicted octanol–water partition coefficient (Wildman–Crippen LogP) is -1.54. The van der Waals surface area contributed by atoms with E-state index in [4.69, 9.17) is 10.8 Å². The highest BCUT2D eigenvalue weighted by atomic mass is 16.3. The Morgan fingerprint density at radius 3 is 2.64 bits per heavy atom. The summed E-state index contributed by atoms with van der Waals surface area (Å²) in [6.45, 7) is 2.65. The van der Waals surface area contributed by atoms with E-state index in [9.17, 15) is 0 Å². The van der Waals surface area contributed by atoms with Crippen molar-refractivity contribution in [3.05, 3.63) is 0 Å². The molecule has 1 atom stereocenters. The minimum absolute atomic E-state index is 0.0506. The largest absolute Gasteiger partial charge is 0.395 e. The van der Waals surface area contributed by atoms with Crippen molar-refractivity contribution in [1.82, 2.24) is 10.2 Å². The Hall–Kier alpha value is -0.160. The Kier molecular flexibility index (Phi) is 6.45. The van der Waals surface area contributed by atoms with Crippen LogP contribution in [0.5, 0.6) is 0 Å². The Morgan fingerprint density at radius 1 is 1.55 bits per heavy atom. The van der Waals surface area contributed by atoms with Crippen LogP contribution in [0.25, 0.3) is 0 Å². The van der Waals surface area contributed by atoms with Gasteiger partial charge in [0, 0.05) is 25.7 Å². The van der Waals surface area contributed by atoms with Crippen molar-refractivity contribution in [2.24, 2.45) is 5.73 Å². The maximum atomic E-state index is 8.57. The van der Waals surface area contributed by atoms with Gasteiger partial charge in [-0.15, -0.1) is 0 Å². The molecule has 0 aromatic heterocycles. The second kappa shape index (κ2) is 6.54. The lowest BCUT2D eigenvalue weighted by Crippen LogP contribution is -2.39. The van der Waals surface area contributed by atoms with Crippen LogP contribution in [0.1, 0.15) is 0 Å². The van der Waals surface area contributed by atoms with Gasteiger partial charge in [-0.3, -0.25) is 0 Å². The molecule has 4 nitrogen and oxygen atoms in total. The van der Waals surface area contributed by atoms with Crippen LogP contribution >= 0.6 is 0 Å². The van der Waals surface area contributed by atoms with Gasteiger partial charge >= 0.3 is 0 Å². The van der Waals surface area contributed by atoms with Crippen molar-refractivity contribution in [1.29, 1.82) is 0 Å². The lowest BCUT2D eigenvalue weighted by Gasteiger charge is -2.12. The minimum atomic E-state index is -0.128. The zero-order valence-corrected chi connectivity index (χ0v) is 7.38. The van der Waals surface area contributed by atoms with Gasteiger partial charge in [-0.2, -0.15) is 0 Å². The molecule has 4 heteroatoms. The summed E-state index contributed by atoms with van der Waals surface area (Å²) < 4.78 is 0. The number of hydrogen-bond donors (Lipinski definition) is 3. The van der Waals surface area contributed by atoms with Gasteiger partial charge in [0.25, 0.3) is 0 Å². The van der Waals surface area contributed by atoms with E-state index in [1.54, 1.807) is 0 Å². The molecule has 1 unspecified atom stereocenters. The number of aliphatic hydroxyl groups is 1. The van der Waals surface area contributed by atoms with E-state index in [1.165, 1.54) is 0 Å². The smallest absolute Gasteiger partial charge is 0.0594 e. The van der Waals surface area contributed by atoms with Gasteiger partial charge in [-0.1, -0.05) is 0 Å². The van der Waals surface area contributed by atoms with Crippen LogP contribution in [0.3, 0.4) is 0 Å². The van der Waals surface area contributed by atoms with Gasteiger partial charge in [0.05, 0.1) is 6.61 Å². The first-order valence-corrected chi connectivity index (χ1v) is 3.88. The molecule has 0 spiro atoms. The summed E-state index contributed by atoms with van der Waals surface area (Å²) in [7, 11) is 4.04.